The van der Waals surface area contributed by atoms with Gasteiger partial charge in [-0.3, -0.25) is 9.59 Å². The Kier molecular flexibility index (Phi) is 5.57. The first-order chi connectivity index (χ1) is 12.5. The Hall–Kier alpha value is -2.40. The summed E-state index contributed by atoms with van der Waals surface area (Å²) in [6.07, 6.45) is 2.87. The molecule has 2 amide bonds. The van der Waals surface area contributed by atoms with E-state index in [9.17, 15) is 14.0 Å². The Morgan fingerprint density at radius 3 is 2.27 bits per heavy atom. The molecule has 136 valence electrons. The highest BCUT2D eigenvalue weighted by Gasteiger charge is 2.39. The van der Waals surface area contributed by atoms with E-state index >= 15 is 0 Å². The Morgan fingerprint density at radius 1 is 1.04 bits per heavy atom. The van der Waals surface area contributed by atoms with E-state index < -0.39 is 5.54 Å². The molecule has 4 nitrogen and oxygen atoms in total. The van der Waals surface area contributed by atoms with Crippen molar-refractivity contribution in [1.29, 1.82) is 0 Å². The molecule has 6 heteroatoms. The number of carbonyl (C=O) groups excluding carboxylic acids is 2. The molecule has 1 aliphatic carbocycles. The molecular weight excluding hydrogens is 355 g/mol. The van der Waals surface area contributed by atoms with Crippen LogP contribution in [0.2, 0.25) is 5.02 Å². The largest absolute Gasteiger partial charge is 0.352 e. The van der Waals surface area contributed by atoms with E-state index in [-0.39, 0.29) is 30.6 Å². The molecule has 1 fully saturated rings. The highest BCUT2D eigenvalue weighted by molar-refractivity contribution is 6.30. The van der Waals surface area contributed by atoms with Crippen molar-refractivity contribution in [2.45, 2.75) is 31.2 Å². The fourth-order valence-corrected chi connectivity index (χ4v) is 3.23. The molecule has 0 heterocycles. The number of carbonyl (C=O) groups is 2. The average molecular weight is 375 g/mol. The van der Waals surface area contributed by atoms with Crippen molar-refractivity contribution in [2.75, 3.05) is 6.54 Å². The van der Waals surface area contributed by atoms with Crippen LogP contribution in [0.4, 0.5) is 4.39 Å². The number of amides is 2. The maximum Gasteiger partial charge on any atom is 0.251 e. The lowest BCUT2D eigenvalue weighted by Crippen LogP contribution is -2.51. The van der Waals surface area contributed by atoms with Gasteiger partial charge in [-0.2, -0.15) is 0 Å². The van der Waals surface area contributed by atoms with E-state index in [4.69, 9.17) is 11.6 Å². The number of hydrogen-bond acceptors (Lipinski definition) is 2. The van der Waals surface area contributed by atoms with Crippen LogP contribution in [0.15, 0.2) is 48.5 Å². The summed E-state index contributed by atoms with van der Waals surface area (Å²) in [6, 6.07) is 12.8. The van der Waals surface area contributed by atoms with Gasteiger partial charge < -0.3 is 10.6 Å². The number of nitrogens with one attached hydrogen (secondary N) is 2. The predicted octanol–water partition coefficient (Wildman–Crippen LogP) is 3.79. The van der Waals surface area contributed by atoms with Gasteiger partial charge in [0, 0.05) is 23.6 Å². The van der Waals surface area contributed by atoms with Crippen molar-refractivity contribution in [1.82, 2.24) is 10.6 Å². The first-order valence-corrected chi connectivity index (χ1v) is 8.97. The summed E-state index contributed by atoms with van der Waals surface area (Å²) < 4.78 is 13.1. The van der Waals surface area contributed by atoms with Crippen LogP contribution in [-0.4, -0.2) is 18.4 Å². The number of halogens is 2. The Labute approximate surface area is 156 Å². The summed E-state index contributed by atoms with van der Waals surface area (Å²) in [6.45, 7) is 0.243. The molecule has 0 radical (unpaired) electrons. The van der Waals surface area contributed by atoms with Gasteiger partial charge in [0.2, 0.25) is 5.91 Å². The second kappa shape index (κ2) is 7.87. The minimum atomic E-state index is -0.412. The van der Waals surface area contributed by atoms with Crippen molar-refractivity contribution < 1.29 is 14.0 Å². The molecule has 3 rings (SSSR count). The summed E-state index contributed by atoms with van der Waals surface area (Å²) in [5, 5.41) is 6.34. The van der Waals surface area contributed by atoms with E-state index in [1.165, 1.54) is 12.1 Å². The Morgan fingerprint density at radius 2 is 1.69 bits per heavy atom. The van der Waals surface area contributed by atoms with E-state index in [0.29, 0.717) is 10.6 Å². The van der Waals surface area contributed by atoms with Gasteiger partial charge in [-0.15, -0.1) is 0 Å². The molecule has 2 aromatic carbocycles. The summed E-state index contributed by atoms with van der Waals surface area (Å²) in [5.41, 5.74) is 1.01. The zero-order valence-electron chi connectivity index (χ0n) is 14.2. The average Bonchev–Trinajstić information content (AvgIpc) is 2.59. The molecule has 26 heavy (non-hydrogen) atoms. The monoisotopic (exact) mass is 374 g/mol. The van der Waals surface area contributed by atoms with E-state index in [2.05, 4.69) is 10.6 Å². The highest BCUT2D eigenvalue weighted by atomic mass is 35.5. The number of rotatable bonds is 6. The van der Waals surface area contributed by atoms with Crippen molar-refractivity contribution in [2.24, 2.45) is 0 Å². The standard InChI is InChI=1S/C20H20ClFN2O2/c21-16-6-2-14(3-7-16)19(26)23-13-10-18(25)24-20(11-1-12-20)15-4-8-17(22)9-5-15/h2-9H,1,10-13H2,(H,23,26)(H,24,25). The minimum Gasteiger partial charge on any atom is -0.352 e. The lowest BCUT2D eigenvalue weighted by molar-refractivity contribution is -0.124. The molecule has 0 aliphatic heterocycles. The molecular formula is C20H20ClFN2O2. The van der Waals surface area contributed by atoms with Gasteiger partial charge in [-0.1, -0.05) is 23.7 Å². The molecule has 2 N–H and O–H groups in total. The molecule has 0 spiro atoms. The summed E-state index contributed by atoms with van der Waals surface area (Å²) in [4.78, 5) is 24.3. The second-order valence-corrected chi connectivity index (χ2v) is 6.94. The molecule has 0 unspecified atom stereocenters. The molecule has 0 bridgehead atoms. The zero-order valence-corrected chi connectivity index (χ0v) is 15.0. The predicted molar refractivity (Wildman–Crippen MR) is 98.5 cm³/mol. The van der Waals surface area contributed by atoms with E-state index in [1.807, 2.05) is 0 Å². The lowest BCUT2D eigenvalue weighted by Gasteiger charge is -2.43. The van der Waals surface area contributed by atoms with Crippen LogP contribution in [0.5, 0.6) is 0 Å². The summed E-state index contributed by atoms with van der Waals surface area (Å²) in [5.74, 6) is -0.670. The quantitative estimate of drug-likeness (QED) is 0.808. The van der Waals surface area contributed by atoms with Crippen LogP contribution in [0.3, 0.4) is 0 Å². The number of benzene rings is 2. The molecule has 1 saturated carbocycles. The Balaban J connectivity index is 1.51. The van der Waals surface area contributed by atoms with Gasteiger partial charge in [-0.05, 0) is 61.2 Å². The highest BCUT2D eigenvalue weighted by Crippen LogP contribution is 2.41. The van der Waals surface area contributed by atoms with E-state index in [0.717, 1.165) is 24.8 Å². The van der Waals surface area contributed by atoms with Gasteiger partial charge in [0.1, 0.15) is 5.82 Å². The van der Waals surface area contributed by atoms with Gasteiger partial charge in [0.15, 0.2) is 0 Å². The smallest absolute Gasteiger partial charge is 0.251 e. The summed E-state index contributed by atoms with van der Waals surface area (Å²) in [7, 11) is 0. The maximum absolute atomic E-state index is 13.1. The van der Waals surface area contributed by atoms with Gasteiger partial charge in [-0.25, -0.2) is 4.39 Å². The fraction of sp³-hybridized carbons (Fsp3) is 0.300. The maximum atomic E-state index is 13.1. The molecule has 2 aromatic rings. The van der Waals surface area contributed by atoms with Gasteiger partial charge in [0.25, 0.3) is 5.91 Å². The molecule has 0 aromatic heterocycles. The van der Waals surface area contributed by atoms with Crippen molar-refractivity contribution in [3.8, 4) is 0 Å². The van der Waals surface area contributed by atoms with Crippen LogP contribution >= 0.6 is 11.6 Å². The Bertz CT molecular complexity index is 786. The van der Waals surface area contributed by atoms with Crippen molar-refractivity contribution in [3.63, 3.8) is 0 Å². The first kappa shape index (κ1) is 18.4. The third-order valence-corrected chi connectivity index (χ3v) is 4.98. The second-order valence-electron chi connectivity index (χ2n) is 6.50. The number of hydrogen-bond donors (Lipinski definition) is 2. The van der Waals surface area contributed by atoms with Gasteiger partial charge >= 0.3 is 0 Å². The lowest BCUT2D eigenvalue weighted by atomic mass is 9.71. The minimum absolute atomic E-state index is 0.134. The third kappa shape index (κ3) is 4.22. The van der Waals surface area contributed by atoms with Crippen LogP contribution in [0, 0.1) is 5.82 Å². The topological polar surface area (TPSA) is 58.2 Å². The van der Waals surface area contributed by atoms with Crippen molar-refractivity contribution in [3.05, 3.63) is 70.5 Å². The fourth-order valence-electron chi connectivity index (χ4n) is 3.11. The van der Waals surface area contributed by atoms with Crippen LogP contribution in [0.25, 0.3) is 0 Å². The van der Waals surface area contributed by atoms with Crippen LogP contribution < -0.4 is 10.6 Å². The normalized spacial score (nSPS) is 15.0. The van der Waals surface area contributed by atoms with Gasteiger partial charge in [0.05, 0.1) is 5.54 Å². The van der Waals surface area contributed by atoms with Crippen LogP contribution in [-0.2, 0) is 10.3 Å². The van der Waals surface area contributed by atoms with Crippen LogP contribution in [0.1, 0.15) is 41.6 Å². The molecule has 0 saturated heterocycles. The van der Waals surface area contributed by atoms with E-state index in [1.54, 1.807) is 36.4 Å². The molecule has 1 aliphatic rings. The SMILES string of the molecule is O=C(CCNC(=O)c1ccc(Cl)cc1)NC1(c2ccc(F)cc2)CCC1. The third-order valence-electron chi connectivity index (χ3n) is 4.73. The first-order valence-electron chi connectivity index (χ1n) is 8.59. The summed E-state index contributed by atoms with van der Waals surface area (Å²) >= 11 is 5.80. The molecule has 0 atom stereocenters. The zero-order chi connectivity index (χ0) is 18.6. The van der Waals surface area contributed by atoms with Crippen molar-refractivity contribution >= 4 is 23.4 Å².